The van der Waals surface area contributed by atoms with Gasteiger partial charge in [0.25, 0.3) is 0 Å². The monoisotopic (exact) mass is 231 g/mol. The van der Waals surface area contributed by atoms with E-state index < -0.39 is 0 Å². The molecule has 0 aromatic heterocycles. The van der Waals surface area contributed by atoms with Crippen LogP contribution in [0.3, 0.4) is 0 Å². The molecule has 0 saturated carbocycles. The Bertz CT molecular complexity index is 352. The second-order valence-corrected chi connectivity index (χ2v) is 4.86. The van der Waals surface area contributed by atoms with E-state index in [1.807, 2.05) is 37.3 Å². The van der Waals surface area contributed by atoms with Crippen molar-refractivity contribution in [1.82, 2.24) is 4.90 Å². The maximum atomic E-state index is 12.3. The second kappa shape index (κ2) is 5.97. The highest BCUT2D eigenvalue weighted by molar-refractivity contribution is 5.99. The van der Waals surface area contributed by atoms with Crippen LogP contribution in [0.2, 0.25) is 0 Å². The molecule has 1 saturated heterocycles. The van der Waals surface area contributed by atoms with Crippen LogP contribution < -0.4 is 0 Å². The van der Waals surface area contributed by atoms with E-state index >= 15 is 0 Å². The van der Waals surface area contributed by atoms with E-state index in [9.17, 15) is 4.79 Å². The molecule has 0 amide bonds. The van der Waals surface area contributed by atoms with Crippen molar-refractivity contribution in [2.45, 2.75) is 38.6 Å². The molecule has 1 aliphatic heterocycles. The third-order valence-corrected chi connectivity index (χ3v) is 3.63. The zero-order chi connectivity index (χ0) is 12.1. The van der Waals surface area contributed by atoms with Crippen molar-refractivity contribution < 1.29 is 4.79 Å². The standard InChI is InChI=1S/C15H21NO/c1-13(16-11-7-2-3-8-12-16)15(17)14-9-5-4-6-10-14/h4-6,9-10,13H,2-3,7-8,11-12H2,1H3/t13-/m0/s1. The quantitative estimate of drug-likeness (QED) is 0.745. The fourth-order valence-electron chi connectivity index (χ4n) is 2.49. The average molecular weight is 231 g/mol. The molecule has 0 N–H and O–H groups in total. The zero-order valence-corrected chi connectivity index (χ0v) is 10.6. The van der Waals surface area contributed by atoms with Crippen LogP contribution in [0, 0.1) is 0 Å². The lowest BCUT2D eigenvalue weighted by molar-refractivity contribution is 0.0843. The van der Waals surface area contributed by atoms with Gasteiger partial charge in [0.15, 0.2) is 5.78 Å². The summed E-state index contributed by atoms with van der Waals surface area (Å²) in [6.07, 6.45) is 5.07. The summed E-state index contributed by atoms with van der Waals surface area (Å²) >= 11 is 0. The summed E-state index contributed by atoms with van der Waals surface area (Å²) < 4.78 is 0. The normalized spacial score (nSPS) is 19.6. The molecule has 0 spiro atoms. The first kappa shape index (κ1) is 12.3. The molecule has 0 radical (unpaired) electrons. The first-order valence-electron chi connectivity index (χ1n) is 6.62. The summed E-state index contributed by atoms with van der Waals surface area (Å²) in [5, 5.41) is 0. The van der Waals surface area contributed by atoms with Gasteiger partial charge >= 0.3 is 0 Å². The second-order valence-electron chi connectivity index (χ2n) is 4.86. The first-order valence-corrected chi connectivity index (χ1v) is 6.62. The Balaban J connectivity index is 2.03. The van der Waals surface area contributed by atoms with Gasteiger partial charge in [-0.3, -0.25) is 9.69 Å². The highest BCUT2D eigenvalue weighted by atomic mass is 16.1. The minimum atomic E-state index is 0.0236. The van der Waals surface area contributed by atoms with Gasteiger partial charge < -0.3 is 0 Å². The maximum Gasteiger partial charge on any atom is 0.179 e. The number of carbonyl (C=O) groups is 1. The Labute approximate surface area is 104 Å². The SMILES string of the molecule is C[C@@H](C(=O)c1ccccc1)N1CCCCCC1. The Hall–Kier alpha value is -1.15. The van der Waals surface area contributed by atoms with E-state index in [0.717, 1.165) is 18.7 Å². The molecular weight excluding hydrogens is 210 g/mol. The fourth-order valence-corrected chi connectivity index (χ4v) is 2.49. The van der Waals surface area contributed by atoms with E-state index in [-0.39, 0.29) is 11.8 Å². The van der Waals surface area contributed by atoms with Crippen LogP contribution >= 0.6 is 0 Å². The number of likely N-dealkylation sites (tertiary alicyclic amines) is 1. The summed E-state index contributed by atoms with van der Waals surface area (Å²) in [4.78, 5) is 14.7. The molecule has 17 heavy (non-hydrogen) atoms. The van der Waals surface area contributed by atoms with E-state index in [1.165, 1.54) is 25.7 Å². The minimum absolute atomic E-state index is 0.0236. The van der Waals surface area contributed by atoms with Gasteiger partial charge in [-0.25, -0.2) is 0 Å². The van der Waals surface area contributed by atoms with Crippen molar-refractivity contribution in [2.75, 3.05) is 13.1 Å². The van der Waals surface area contributed by atoms with Crippen molar-refractivity contribution in [1.29, 1.82) is 0 Å². The van der Waals surface area contributed by atoms with Crippen molar-refractivity contribution in [3.8, 4) is 0 Å². The fraction of sp³-hybridized carbons (Fsp3) is 0.533. The number of hydrogen-bond donors (Lipinski definition) is 0. The highest BCUT2D eigenvalue weighted by Crippen LogP contribution is 2.15. The lowest BCUT2D eigenvalue weighted by Gasteiger charge is -2.26. The van der Waals surface area contributed by atoms with E-state index in [1.54, 1.807) is 0 Å². The Kier molecular flexibility index (Phi) is 4.32. The van der Waals surface area contributed by atoms with Crippen molar-refractivity contribution in [3.63, 3.8) is 0 Å². The van der Waals surface area contributed by atoms with Crippen LogP contribution in [0.4, 0.5) is 0 Å². The summed E-state index contributed by atoms with van der Waals surface area (Å²) in [6.45, 7) is 4.18. The van der Waals surface area contributed by atoms with E-state index in [0.29, 0.717) is 0 Å². The van der Waals surface area contributed by atoms with Gasteiger partial charge in [0.05, 0.1) is 6.04 Å². The number of ketones is 1. The molecule has 2 rings (SSSR count). The molecule has 0 bridgehead atoms. The lowest BCUT2D eigenvalue weighted by Crippen LogP contribution is -2.39. The molecule has 1 aromatic rings. The van der Waals surface area contributed by atoms with E-state index in [2.05, 4.69) is 4.90 Å². The van der Waals surface area contributed by atoms with Gasteiger partial charge in [-0.05, 0) is 32.9 Å². The zero-order valence-electron chi connectivity index (χ0n) is 10.6. The van der Waals surface area contributed by atoms with Gasteiger partial charge in [0.1, 0.15) is 0 Å². The van der Waals surface area contributed by atoms with Crippen molar-refractivity contribution in [3.05, 3.63) is 35.9 Å². The predicted octanol–water partition coefficient (Wildman–Crippen LogP) is 3.13. The van der Waals surface area contributed by atoms with Crippen LogP contribution in [0.15, 0.2) is 30.3 Å². The Morgan fingerprint density at radius 1 is 1.06 bits per heavy atom. The summed E-state index contributed by atoms with van der Waals surface area (Å²) in [5.41, 5.74) is 0.837. The highest BCUT2D eigenvalue weighted by Gasteiger charge is 2.22. The summed E-state index contributed by atoms with van der Waals surface area (Å²) in [7, 11) is 0. The molecule has 2 heteroatoms. The molecule has 2 nitrogen and oxygen atoms in total. The van der Waals surface area contributed by atoms with Crippen LogP contribution in [0.1, 0.15) is 43.0 Å². The summed E-state index contributed by atoms with van der Waals surface area (Å²) in [5.74, 6) is 0.257. The molecule has 1 fully saturated rings. The number of Topliss-reactive ketones (excluding diaryl/α,β-unsaturated/α-hetero) is 1. The van der Waals surface area contributed by atoms with Crippen molar-refractivity contribution in [2.24, 2.45) is 0 Å². The molecule has 1 aromatic carbocycles. The van der Waals surface area contributed by atoms with E-state index in [4.69, 9.17) is 0 Å². The van der Waals surface area contributed by atoms with Gasteiger partial charge in [0.2, 0.25) is 0 Å². The Morgan fingerprint density at radius 2 is 1.65 bits per heavy atom. The van der Waals surface area contributed by atoms with Gasteiger partial charge in [-0.1, -0.05) is 43.2 Å². The predicted molar refractivity (Wildman–Crippen MR) is 70.3 cm³/mol. The average Bonchev–Trinajstić information content (AvgIpc) is 2.67. The topological polar surface area (TPSA) is 20.3 Å². The summed E-state index contributed by atoms with van der Waals surface area (Å²) in [6, 6.07) is 9.67. The Morgan fingerprint density at radius 3 is 2.24 bits per heavy atom. The number of carbonyl (C=O) groups excluding carboxylic acids is 1. The first-order chi connectivity index (χ1) is 8.29. The molecule has 1 atom stereocenters. The maximum absolute atomic E-state index is 12.3. The van der Waals surface area contributed by atoms with Crippen molar-refractivity contribution >= 4 is 5.78 Å². The third-order valence-electron chi connectivity index (χ3n) is 3.63. The number of hydrogen-bond acceptors (Lipinski definition) is 2. The van der Waals surface area contributed by atoms with Crippen LogP contribution in [-0.4, -0.2) is 29.8 Å². The minimum Gasteiger partial charge on any atom is -0.294 e. The molecule has 1 heterocycles. The smallest absolute Gasteiger partial charge is 0.179 e. The number of benzene rings is 1. The van der Waals surface area contributed by atoms with Gasteiger partial charge in [-0.15, -0.1) is 0 Å². The molecule has 0 unspecified atom stereocenters. The molecule has 92 valence electrons. The molecule has 0 aliphatic carbocycles. The molecular formula is C15H21NO. The molecule has 1 aliphatic rings. The van der Waals surface area contributed by atoms with Gasteiger partial charge in [-0.2, -0.15) is 0 Å². The third kappa shape index (κ3) is 3.16. The number of rotatable bonds is 3. The largest absolute Gasteiger partial charge is 0.294 e. The van der Waals surface area contributed by atoms with Gasteiger partial charge in [0, 0.05) is 5.56 Å². The lowest BCUT2D eigenvalue weighted by atomic mass is 10.0. The number of nitrogens with zero attached hydrogens (tertiary/aromatic N) is 1. The van der Waals surface area contributed by atoms with Crippen LogP contribution in [0.5, 0.6) is 0 Å². The van der Waals surface area contributed by atoms with Crippen LogP contribution in [0.25, 0.3) is 0 Å². The van der Waals surface area contributed by atoms with Crippen LogP contribution in [-0.2, 0) is 0 Å².